The van der Waals surface area contributed by atoms with Crippen LogP contribution in [0.2, 0.25) is 5.02 Å². The molecule has 0 aromatic heterocycles. The number of benzene rings is 1. The summed E-state index contributed by atoms with van der Waals surface area (Å²) in [4.78, 5) is 2.57. The molecule has 0 spiro atoms. The van der Waals surface area contributed by atoms with E-state index in [9.17, 15) is 0 Å². The van der Waals surface area contributed by atoms with Gasteiger partial charge in [0.25, 0.3) is 0 Å². The van der Waals surface area contributed by atoms with Gasteiger partial charge < -0.3 is 10.1 Å². The molecule has 2 saturated heterocycles. The average Bonchev–Trinajstić information content (AvgIpc) is 2.91. The Bertz CT molecular complexity index is 407. The molecule has 112 valence electrons. The van der Waals surface area contributed by atoms with E-state index in [1.54, 1.807) is 0 Å². The second-order valence-electron chi connectivity index (χ2n) is 5.47. The SMILES string of the molecule is Cl.Clc1ccc(C[C@H]2C[C@@H](N3CCOCC3)CN2)cc1. The first-order valence-corrected chi connectivity index (χ1v) is 7.49. The average molecular weight is 317 g/mol. The van der Waals surface area contributed by atoms with Crippen LogP contribution in [0.4, 0.5) is 0 Å². The van der Waals surface area contributed by atoms with Crippen LogP contribution in [0.3, 0.4) is 0 Å². The van der Waals surface area contributed by atoms with Gasteiger partial charge in [-0.2, -0.15) is 0 Å². The fourth-order valence-electron chi connectivity index (χ4n) is 3.08. The van der Waals surface area contributed by atoms with E-state index in [1.807, 2.05) is 12.1 Å². The molecule has 2 atom stereocenters. The smallest absolute Gasteiger partial charge is 0.0594 e. The van der Waals surface area contributed by atoms with E-state index < -0.39 is 0 Å². The maximum atomic E-state index is 5.92. The summed E-state index contributed by atoms with van der Waals surface area (Å²) >= 11 is 5.92. The molecule has 5 heteroatoms. The molecule has 0 amide bonds. The molecule has 3 rings (SSSR count). The molecule has 0 aliphatic carbocycles. The van der Waals surface area contributed by atoms with Crippen molar-refractivity contribution in [3.05, 3.63) is 34.9 Å². The maximum Gasteiger partial charge on any atom is 0.0594 e. The van der Waals surface area contributed by atoms with Gasteiger partial charge in [0.15, 0.2) is 0 Å². The van der Waals surface area contributed by atoms with E-state index in [0.29, 0.717) is 12.1 Å². The standard InChI is InChI=1S/C15H21ClN2O.ClH/c16-13-3-1-12(2-4-13)9-14-10-15(11-17-14)18-5-7-19-8-6-18;/h1-4,14-15,17H,5-11H2;1H/t14-,15+;/m0./s1. The molecule has 20 heavy (non-hydrogen) atoms. The summed E-state index contributed by atoms with van der Waals surface area (Å²) in [6.07, 6.45) is 2.33. The van der Waals surface area contributed by atoms with Crippen LogP contribution in [0, 0.1) is 0 Å². The summed E-state index contributed by atoms with van der Waals surface area (Å²) < 4.78 is 5.42. The van der Waals surface area contributed by atoms with E-state index in [0.717, 1.165) is 44.3 Å². The predicted molar refractivity (Wildman–Crippen MR) is 85.0 cm³/mol. The van der Waals surface area contributed by atoms with E-state index in [4.69, 9.17) is 16.3 Å². The van der Waals surface area contributed by atoms with Crippen LogP contribution in [0.5, 0.6) is 0 Å². The molecule has 1 aromatic carbocycles. The number of nitrogens with zero attached hydrogens (tertiary/aromatic N) is 1. The quantitative estimate of drug-likeness (QED) is 0.926. The number of ether oxygens (including phenoxy) is 1. The third-order valence-electron chi connectivity index (χ3n) is 4.16. The van der Waals surface area contributed by atoms with Crippen molar-refractivity contribution in [3.8, 4) is 0 Å². The zero-order valence-electron chi connectivity index (χ0n) is 11.6. The summed E-state index contributed by atoms with van der Waals surface area (Å²) in [5, 5.41) is 4.47. The lowest BCUT2D eigenvalue weighted by atomic mass is 10.0. The Labute approximate surface area is 132 Å². The molecule has 2 heterocycles. The lowest BCUT2D eigenvalue weighted by molar-refractivity contribution is 0.0201. The summed E-state index contributed by atoms with van der Waals surface area (Å²) in [6, 6.07) is 9.49. The number of nitrogens with one attached hydrogen (secondary N) is 1. The first-order valence-electron chi connectivity index (χ1n) is 7.11. The highest BCUT2D eigenvalue weighted by Crippen LogP contribution is 2.19. The van der Waals surface area contributed by atoms with Gasteiger partial charge in [0.05, 0.1) is 13.2 Å². The Kier molecular flexibility index (Phi) is 6.12. The molecular formula is C15H22Cl2N2O. The Morgan fingerprint density at radius 3 is 2.60 bits per heavy atom. The fraction of sp³-hybridized carbons (Fsp3) is 0.600. The summed E-state index contributed by atoms with van der Waals surface area (Å²) in [5.74, 6) is 0. The van der Waals surface area contributed by atoms with Gasteiger partial charge in [-0.3, -0.25) is 4.90 Å². The molecule has 2 aliphatic heterocycles. The van der Waals surface area contributed by atoms with Crippen molar-refractivity contribution in [1.29, 1.82) is 0 Å². The van der Waals surface area contributed by atoms with Crippen molar-refractivity contribution >= 4 is 24.0 Å². The van der Waals surface area contributed by atoms with Gasteiger partial charge in [-0.25, -0.2) is 0 Å². The van der Waals surface area contributed by atoms with Crippen LogP contribution in [-0.4, -0.2) is 49.8 Å². The molecule has 2 aliphatic rings. The second-order valence-corrected chi connectivity index (χ2v) is 5.91. The molecule has 2 fully saturated rings. The summed E-state index contributed by atoms with van der Waals surface area (Å²) in [6.45, 7) is 5.05. The minimum Gasteiger partial charge on any atom is -0.379 e. The number of halogens is 2. The van der Waals surface area contributed by atoms with Gasteiger partial charge in [0.2, 0.25) is 0 Å². The fourth-order valence-corrected chi connectivity index (χ4v) is 3.21. The Morgan fingerprint density at radius 2 is 1.90 bits per heavy atom. The lowest BCUT2D eigenvalue weighted by Crippen LogP contribution is -2.44. The molecule has 0 bridgehead atoms. The first-order chi connectivity index (χ1) is 9.31. The lowest BCUT2D eigenvalue weighted by Gasteiger charge is -2.31. The van der Waals surface area contributed by atoms with Crippen molar-refractivity contribution in [2.45, 2.75) is 24.9 Å². The van der Waals surface area contributed by atoms with Crippen LogP contribution in [0.15, 0.2) is 24.3 Å². The largest absolute Gasteiger partial charge is 0.379 e. The van der Waals surface area contributed by atoms with Crippen molar-refractivity contribution in [3.63, 3.8) is 0 Å². The number of hydrogen-bond donors (Lipinski definition) is 1. The Balaban J connectivity index is 0.00000147. The van der Waals surface area contributed by atoms with Gasteiger partial charge in [-0.15, -0.1) is 12.4 Å². The molecule has 1 aromatic rings. The van der Waals surface area contributed by atoms with Gasteiger partial charge in [0, 0.05) is 36.7 Å². The van der Waals surface area contributed by atoms with E-state index in [2.05, 4.69) is 22.3 Å². The minimum absolute atomic E-state index is 0. The van der Waals surface area contributed by atoms with Crippen LogP contribution < -0.4 is 5.32 Å². The monoisotopic (exact) mass is 316 g/mol. The molecule has 0 unspecified atom stereocenters. The van der Waals surface area contributed by atoms with Gasteiger partial charge in [-0.05, 0) is 30.5 Å². The molecule has 3 nitrogen and oxygen atoms in total. The van der Waals surface area contributed by atoms with Crippen LogP contribution in [0.1, 0.15) is 12.0 Å². The van der Waals surface area contributed by atoms with E-state index >= 15 is 0 Å². The highest BCUT2D eigenvalue weighted by atomic mass is 35.5. The minimum atomic E-state index is 0. The van der Waals surface area contributed by atoms with E-state index in [-0.39, 0.29) is 12.4 Å². The zero-order valence-corrected chi connectivity index (χ0v) is 13.1. The molecular weight excluding hydrogens is 295 g/mol. The predicted octanol–water partition coefficient (Wildman–Crippen LogP) is 2.37. The van der Waals surface area contributed by atoms with Crippen LogP contribution in [-0.2, 0) is 11.2 Å². The van der Waals surface area contributed by atoms with Crippen LogP contribution >= 0.6 is 24.0 Å². The van der Waals surface area contributed by atoms with Gasteiger partial charge >= 0.3 is 0 Å². The Morgan fingerprint density at radius 1 is 1.20 bits per heavy atom. The maximum absolute atomic E-state index is 5.92. The van der Waals surface area contributed by atoms with Crippen molar-refractivity contribution in [1.82, 2.24) is 10.2 Å². The second kappa shape index (κ2) is 7.62. The molecule has 1 N–H and O–H groups in total. The number of hydrogen-bond acceptors (Lipinski definition) is 3. The highest BCUT2D eigenvalue weighted by molar-refractivity contribution is 6.30. The Hall–Kier alpha value is -0.320. The third kappa shape index (κ3) is 4.09. The van der Waals surface area contributed by atoms with Crippen molar-refractivity contribution in [2.24, 2.45) is 0 Å². The van der Waals surface area contributed by atoms with Gasteiger partial charge in [0.1, 0.15) is 0 Å². The molecule has 0 saturated carbocycles. The summed E-state index contributed by atoms with van der Waals surface area (Å²) in [7, 11) is 0. The third-order valence-corrected chi connectivity index (χ3v) is 4.41. The number of rotatable bonds is 3. The molecule has 0 radical (unpaired) electrons. The normalized spacial score (nSPS) is 27.2. The number of morpholine rings is 1. The topological polar surface area (TPSA) is 24.5 Å². The summed E-state index contributed by atoms with van der Waals surface area (Å²) in [5.41, 5.74) is 1.37. The van der Waals surface area contributed by atoms with Crippen molar-refractivity contribution in [2.75, 3.05) is 32.8 Å². The van der Waals surface area contributed by atoms with Crippen LogP contribution in [0.25, 0.3) is 0 Å². The van der Waals surface area contributed by atoms with Crippen molar-refractivity contribution < 1.29 is 4.74 Å². The van der Waals surface area contributed by atoms with Gasteiger partial charge in [-0.1, -0.05) is 23.7 Å². The first kappa shape index (κ1) is 16.1. The highest BCUT2D eigenvalue weighted by Gasteiger charge is 2.29. The van der Waals surface area contributed by atoms with E-state index in [1.165, 1.54) is 12.0 Å². The zero-order chi connectivity index (χ0) is 13.1.